The highest BCUT2D eigenvalue weighted by Crippen LogP contribution is 2.24. The number of aliphatic hydroxyl groups is 1. The third kappa shape index (κ3) is 2.90. The molecule has 0 aromatic heterocycles. The molecule has 0 fully saturated rings. The lowest BCUT2D eigenvalue weighted by Crippen LogP contribution is -2.25. The fourth-order valence-corrected chi connectivity index (χ4v) is 1.73. The van der Waals surface area contributed by atoms with Crippen LogP contribution in [0.1, 0.15) is 19.8 Å². The lowest BCUT2D eigenvalue weighted by Gasteiger charge is -2.23. The number of rotatable bonds is 3. The van der Waals surface area contributed by atoms with Gasteiger partial charge < -0.3 is 5.11 Å². The summed E-state index contributed by atoms with van der Waals surface area (Å²) in [5.74, 6) is -0.0632. The number of allylic oxidation sites excluding steroid dienone is 3. The van der Waals surface area contributed by atoms with E-state index in [1.54, 1.807) is 30.4 Å². The highest BCUT2D eigenvalue weighted by molar-refractivity contribution is 5.97. The molecule has 4 heteroatoms. The summed E-state index contributed by atoms with van der Waals surface area (Å²) in [6.45, 7) is 1.93. The van der Waals surface area contributed by atoms with Crippen LogP contribution in [-0.2, 0) is 4.79 Å². The van der Waals surface area contributed by atoms with Crippen molar-refractivity contribution in [2.45, 2.75) is 31.4 Å². The molecule has 0 amide bonds. The molecule has 2 aliphatic rings. The van der Waals surface area contributed by atoms with Crippen LogP contribution in [0.15, 0.2) is 58.5 Å². The summed E-state index contributed by atoms with van der Waals surface area (Å²) in [7, 11) is 0. The standard InChI is InChI=1S/C14H16N2O2/c1-2-14(18)9-7-11(8-10-14)15-16-12-5-3-4-6-13(12)17/h3-9,12,18H,2,10H2,1H3. The third-order valence-corrected chi connectivity index (χ3v) is 3.10. The molecule has 2 aliphatic carbocycles. The highest BCUT2D eigenvalue weighted by atomic mass is 16.3. The Morgan fingerprint density at radius 1 is 1.44 bits per heavy atom. The van der Waals surface area contributed by atoms with Crippen molar-refractivity contribution in [3.05, 3.63) is 48.2 Å². The second-order valence-electron chi connectivity index (χ2n) is 4.43. The maximum atomic E-state index is 11.4. The van der Waals surface area contributed by atoms with E-state index in [0.29, 0.717) is 18.5 Å². The lowest BCUT2D eigenvalue weighted by molar-refractivity contribution is -0.115. The van der Waals surface area contributed by atoms with Crippen molar-refractivity contribution in [2.75, 3.05) is 0 Å². The van der Waals surface area contributed by atoms with Gasteiger partial charge in [0.05, 0.1) is 11.3 Å². The molecule has 0 aromatic carbocycles. The van der Waals surface area contributed by atoms with E-state index in [9.17, 15) is 9.90 Å². The fraction of sp³-hybridized carbons (Fsp3) is 0.357. The quantitative estimate of drug-likeness (QED) is 0.775. The zero-order valence-corrected chi connectivity index (χ0v) is 10.3. The van der Waals surface area contributed by atoms with E-state index in [0.717, 1.165) is 0 Å². The van der Waals surface area contributed by atoms with Crippen molar-refractivity contribution in [1.82, 2.24) is 0 Å². The molecule has 0 radical (unpaired) electrons. The number of azo groups is 1. The molecule has 0 saturated heterocycles. The first-order chi connectivity index (χ1) is 8.63. The van der Waals surface area contributed by atoms with Crippen LogP contribution in [0.5, 0.6) is 0 Å². The number of nitrogens with zero attached hydrogens (tertiary/aromatic N) is 2. The molecule has 0 aliphatic heterocycles. The predicted molar refractivity (Wildman–Crippen MR) is 69.0 cm³/mol. The van der Waals surface area contributed by atoms with Crippen LogP contribution >= 0.6 is 0 Å². The van der Waals surface area contributed by atoms with Crippen LogP contribution < -0.4 is 0 Å². The first-order valence-electron chi connectivity index (χ1n) is 6.04. The molecule has 2 atom stereocenters. The van der Waals surface area contributed by atoms with Crippen molar-refractivity contribution < 1.29 is 9.90 Å². The van der Waals surface area contributed by atoms with E-state index < -0.39 is 11.6 Å². The van der Waals surface area contributed by atoms with Crippen molar-refractivity contribution >= 4 is 5.78 Å². The summed E-state index contributed by atoms with van der Waals surface area (Å²) in [6, 6.07) is -0.517. The number of carbonyl (C=O) groups is 1. The molecular weight excluding hydrogens is 228 g/mol. The van der Waals surface area contributed by atoms with E-state index in [1.165, 1.54) is 6.08 Å². The van der Waals surface area contributed by atoms with Gasteiger partial charge in [-0.2, -0.15) is 10.2 Å². The fourth-order valence-electron chi connectivity index (χ4n) is 1.73. The van der Waals surface area contributed by atoms with Gasteiger partial charge in [0.15, 0.2) is 11.8 Å². The van der Waals surface area contributed by atoms with Crippen molar-refractivity contribution in [2.24, 2.45) is 10.2 Å². The zero-order valence-electron chi connectivity index (χ0n) is 10.3. The Bertz CT molecular complexity index is 486. The Balaban J connectivity index is 2.00. The van der Waals surface area contributed by atoms with Gasteiger partial charge in [-0.25, -0.2) is 0 Å². The van der Waals surface area contributed by atoms with Gasteiger partial charge in [0.25, 0.3) is 0 Å². The number of hydrogen-bond acceptors (Lipinski definition) is 4. The SMILES string of the molecule is CCC1(O)C=CC(N=NC2C=CC=CC2=O)=CC1. The first kappa shape index (κ1) is 12.6. The van der Waals surface area contributed by atoms with Crippen LogP contribution in [0.25, 0.3) is 0 Å². The molecule has 0 spiro atoms. The van der Waals surface area contributed by atoms with Gasteiger partial charge in [0.1, 0.15) is 0 Å². The number of carbonyl (C=O) groups excluding carboxylic acids is 1. The Labute approximate surface area is 106 Å². The van der Waals surface area contributed by atoms with Gasteiger partial charge in [-0.05, 0) is 18.6 Å². The number of hydrogen-bond donors (Lipinski definition) is 1. The summed E-state index contributed by atoms with van der Waals surface area (Å²) >= 11 is 0. The van der Waals surface area contributed by atoms with Crippen molar-refractivity contribution in [3.63, 3.8) is 0 Å². The highest BCUT2D eigenvalue weighted by Gasteiger charge is 2.22. The predicted octanol–water partition coefficient (Wildman–Crippen LogP) is 2.49. The molecular formula is C14H16N2O2. The number of ketones is 1. The molecule has 0 heterocycles. The van der Waals surface area contributed by atoms with Crippen molar-refractivity contribution in [3.8, 4) is 0 Å². The molecule has 4 nitrogen and oxygen atoms in total. The van der Waals surface area contributed by atoms with Crippen LogP contribution in [-0.4, -0.2) is 22.5 Å². The Morgan fingerprint density at radius 3 is 2.89 bits per heavy atom. The van der Waals surface area contributed by atoms with Crippen LogP contribution in [0.2, 0.25) is 0 Å². The van der Waals surface area contributed by atoms with Gasteiger partial charge in [-0.1, -0.05) is 37.3 Å². The molecule has 18 heavy (non-hydrogen) atoms. The topological polar surface area (TPSA) is 62.0 Å². The minimum Gasteiger partial charge on any atom is -0.385 e. The minimum absolute atomic E-state index is 0.0632. The van der Waals surface area contributed by atoms with Crippen LogP contribution in [0, 0.1) is 0 Å². The lowest BCUT2D eigenvalue weighted by atomic mass is 9.92. The van der Waals surface area contributed by atoms with E-state index in [2.05, 4.69) is 10.2 Å². The zero-order chi connectivity index (χ0) is 13.0. The molecule has 2 rings (SSSR count). The van der Waals surface area contributed by atoms with Gasteiger partial charge in [-0.3, -0.25) is 4.79 Å². The largest absolute Gasteiger partial charge is 0.385 e. The van der Waals surface area contributed by atoms with E-state index in [-0.39, 0.29) is 5.78 Å². The van der Waals surface area contributed by atoms with Crippen LogP contribution in [0.4, 0.5) is 0 Å². The smallest absolute Gasteiger partial charge is 0.185 e. The molecule has 0 aromatic rings. The normalized spacial score (nSPS) is 31.1. The van der Waals surface area contributed by atoms with E-state index in [1.807, 2.05) is 13.0 Å². The molecule has 1 N–H and O–H groups in total. The summed E-state index contributed by atoms with van der Waals surface area (Å²) in [6.07, 6.45) is 13.2. The molecule has 2 unspecified atom stereocenters. The second kappa shape index (κ2) is 5.23. The summed E-state index contributed by atoms with van der Waals surface area (Å²) in [5.41, 5.74) is -0.0774. The van der Waals surface area contributed by atoms with Gasteiger partial charge >= 0.3 is 0 Å². The van der Waals surface area contributed by atoms with Gasteiger partial charge in [-0.15, -0.1) is 0 Å². The molecule has 0 saturated carbocycles. The average molecular weight is 244 g/mol. The average Bonchev–Trinajstić information content (AvgIpc) is 2.40. The Kier molecular flexibility index (Phi) is 3.67. The van der Waals surface area contributed by atoms with E-state index in [4.69, 9.17) is 0 Å². The molecule has 94 valence electrons. The molecule has 0 bridgehead atoms. The minimum atomic E-state index is -0.762. The first-order valence-corrected chi connectivity index (χ1v) is 6.04. The van der Waals surface area contributed by atoms with Crippen LogP contribution in [0.3, 0.4) is 0 Å². The summed E-state index contributed by atoms with van der Waals surface area (Å²) < 4.78 is 0. The van der Waals surface area contributed by atoms with Gasteiger partial charge in [0.2, 0.25) is 0 Å². The van der Waals surface area contributed by atoms with E-state index >= 15 is 0 Å². The Morgan fingerprint density at radius 2 is 2.28 bits per heavy atom. The second-order valence-corrected chi connectivity index (χ2v) is 4.43. The summed E-state index contributed by atoms with van der Waals surface area (Å²) in [4.78, 5) is 11.4. The Hall–Kier alpha value is -1.81. The maximum absolute atomic E-state index is 11.4. The maximum Gasteiger partial charge on any atom is 0.185 e. The third-order valence-electron chi connectivity index (χ3n) is 3.10. The van der Waals surface area contributed by atoms with Gasteiger partial charge in [0, 0.05) is 6.42 Å². The summed E-state index contributed by atoms with van der Waals surface area (Å²) in [5, 5.41) is 18.0. The monoisotopic (exact) mass is 244 g/mol. The van der Waals surface area contributed by atoms with Crippen molar-refractivity contribution in [1.29, 1.82) is 0 Å².